The summed E-state index contributed by atoms with van der Waals surface area (Å²) in [7, 11) is 0. The van der Waals surface area contributed by atoms with E-state index in [1.54, 1.807) is 0 Å². The van der Waals surface area contributed by atoms with Crippen molar-refractivity contribution in [2.45, 2.75) is 62.9 Å². The number of ether oxygens (including phenoxy) is 2. The second-order valence-electron chi connectivity index (χ2n) is 7.75. The third kappa shape index (κ3) is 3.79. The van der Waals surface area contributed by atoms with Gasteiger partial charge in [-0.1, -0.05) is 25.3 Å². The maximum Gasteiger partial charge on any atom is 0.221 e. The van der Waals surface area contributed by atoms with Gasteiger partial charge < -0.3 is 20.5 Å². The van der Waals surface area contributed by atoms with E-state index in [1.165, 1.54) is 0 Å². The summed E-state index contributed by atoms with van der Waals surface area (Å²) in [4.78, 5) is 12.7. The predicted octanol–water partition coefficient (Wildman–Crippen LogP) is 3.28. The summed E-state index contributed by atoms with van der Waals surface area (Å²) in [5.41, 5.74) is 7.01. The third-order valence-corrected chi connectivity index (χ3v) is 6.10. The van der Waals surface area contributed by atoms with Gasteiger partial charge in [0.1, 0.15) is 13.2 Å². The van der Waals surface area contributed by atoms with Crippen molar-refractivity contribution in [1.82, 2.24) is 5.32 Å². The van der Waals surface area contributed by atoms with Crippen LogP contribution in [0.5, 0.6) is 11.5 Å². The lowest BCUT2D eigenvalue weighted by Crippen LogP contribution is -2.45. The molecule has 0 bridgehead atoms. The number of benzene rings is 1. The highest BCUT2D eigenvalue weighted by molar-refractivity contribution is 5.85. The monoisotopic (exact) mass is 380 g/mol. The van der Waals surface area contributed by atoms with Crippen molar-refractivity contribution in [1.29, 1.82) is 0 Å². The van der Waals surface area contributed by atoms with Crippen LogP contribution in [0.25, 0.3) is 0 Å². The second kappa shape index (κ2) is 8.05. The zero-order valence-electron chi connectivity index (χ0n) is 15.2. The Morgan fingerprint density at radius 2 is 1.85 bits per heavy atom. The van der Waals surface area contributed by atoms with E-state index in [2.05, 4.69) is 17.4 Å². The number of rotatable bonds is 4. The predicted molar refractivity (Wildman–Crippen MR) is 103 cm³/mol. The largest absolute Gasteiger partial charge is 0.486 e. The quantitative estimate of drug-likeness (QED) is 0.840. The summed E-state index contributed by atoms with van der Waals surface area (Å²) < 4.78 is 11.4. The molecule has 0 saturated heterocycles. The van der Waals surface area contributed by atoms with Gasteiger partial charge in [0.15, 0.2) is 11.5 Å². The molecule has 1 aromatic rings. The number of amides is 1. The lowest BCUT2D eigenvalue weighted by atomic mass is 9.87. The van der Waals surface area contributed by atoms with E-state index in [-0.39, 0.29) is 29.9 Å². The summed E-state index contributed by atoms with van der Waals surface area (Å²) in [5.74, 6) is 2.06. The van der Waals surface area contributed by atoms with Gasteiger partial charge in [0.25, 0.3) is 0 Å². The molecule has 2 atom stereocenters. The molecule has 5 nitrogen and oxygen atoms in total. The molecule has 1 amide bonds. The van der Waals surface area contributed by atoms with E-state index < -0.39 is 0 Å². The first-order valence-electron chi connectivity index (χ1n) is 9.63. The topological polar surface area (TPSA) is 73.6 Å². The molecule has 3 N–H and O–H groups in total. The van der Waals surface area contributed by atoms with Crippen molar-refractivity contribution in [3.8, 4) is 11.5 Å². The number of carbonyl (C=O) groups is 1. The molecule has 2 aliphatic carbocycles. The summed E-state index contributed by atoms with van der Waals surface area (Å²) in [5, 5.41) is 3.37. The van der Waals surface area contributed by atoms with Crippen LogP contribution in [0.15, 0.2) is 18.2 Å². The fourth-order valence-corrected chi connectivity index (χ4v) is 4.68. The van der Waals surface area contributed by atoms with Crippen LogP contribution in [0, 0.1) is 5.92 Å². The first-order valence-corrected chi connectivity index (χ1v) is 9.63. The summed E-state index contributed by atoms with van der Waals surface area (Å²) in [6.07, 6.45) is 8.05. The summed E-state index contributed by atoms with van der Waals surface area (Å²) in [6.45, 7) is 1.17. The van der Waals surface area contributed by atoms with Crippen LogP contribution in [0.3, 0.4) is 0 Å². The zero-order valence-corrected chi connectivity index (χ0v) is 16.0. The Hall–Kier alpha value is -1.46. The van der Waals surface area contributed by atoms with Gasteiger partial charge in [0, 0.05) is 12.5 Å². The minimum atomic E-state index is -0.268. The summed E-state index contributed by atoms with van der Waals surface area (Å²) in [6, 6.07) is 6.30. The number of carbonyl (C=O) groups excluding carboxylic acids is 1. The molecule has 2 fully saturated rings. The Balaban J connectivity index is 0.00000196. The van der Waals surface area contributed by atoms with Crippen LogP contribution >= 0.6 is 12.4 Å². The number of fused-ring (bicyclic) bond motifs is 1. The molecule has 3 aliphatic rings. The fourth-order valence-electron chi connectivity index (χ4n) is 4.68. The molecule has 0 spiro atoms. The average molecular weight is 381 g/mol. The van der Waals surface area contributed by atoms with Crippen molar-refractivity contribution in [2.24, 2.45) is 11.7 Å². The highest BCUT2D eigenvalue weighted by Gasteiger charge is 2.38. The first kappa shape index (κ1) is 19.3. The van der Waals surface area contributed by atoms with Crippen molar-refractivity contribution in [3.05, 3.63) is 23.8 Å². The van der Waals surface area contributed by atoms with Crippen LogP contribution in [0.2, 0.25) is 0 Å². The molecule has 26 heavy (non-hydrogen) atoms. The van der Waals surface area contributed by atoms with E-state index in [1.807, 2.05) is 6.07 Å². The van der Waals surface area contributed by atoms with E-state index >= 15 is 0 Å². The molecule has 2 saturated carbocycles. The molecular formula is C20H29ClN2O3. The van der Waals surface area contributed by atoms with E-state index in [0.29, 0.717) is 25.6 Å². The maximum atomic E-state index is 12.7. The SMILES string of the molecule is Cl.N[C@@H]1CCC[C@H]1CC(=O)NC1(c2ccc3c(c2)OCCO3)CCCC1. The maximum absolute atomic E-state index is 12.7. The van der Waals surface area contributed by atoms with Crippen molar-refractivity contribution < 1.29 is 14.3 Å². The molecular weight excluding hydrogens is 352 g/mol. The minimum Gasteiger partial charge on any atom is -0.486 e. The molecule has 6 heteroatoms. The van der Waals surface area contributed by atoms with Gasteiger partial charge in [0.05, 0.1) is 5.54 Å². The van der Waals surface area contributed by atoms with Gasteiger partial charge in [-0.15, -0.1) is 12.4 Å². The highest BCUT2D eigenvalue weighted by Crippen LogP contribution is 2.42. The van der Waals surface area contributed by atoms with Crippen LogP contribution in [-0.2, 0) is 10.3 Å². The van der Waals surface area contributed by atoms with Crippen LogP contribution in [0.4, 0.5) is 0 Å². The van der Waals surface area contributed by atoms with E-state index in [0.717, 1.165) is 62.0 Å². The molecule has 0 radical (unpaired) electrons. The average Bonchev–Trinajstić information content (AvgIpc) is 3.25. The number of nitrogens with two attached hydrogens (primary N) is 1. The van der Waals surface area contributed by atoms with Crippen molar-refractivity contribution >= 4 is 18.3 Å². The van der Waals surface area contributed by atoms with Gasteiger partial charge in [-0.3, -0.25) is 4.79 Å². The lowest BCUT2D eigenvalue weighted by molar-refractivity contribution is -0.124. The molecule has 144 valence electrons. The number of hydrogen-bond acceptors (Lipinski definition) is 4. The smallest absolute Gasteiger partial charge is 0.221 e. The van der Waals surface area contributed by atoms with Gasteiger partial charge in [-0.25, -0.2) is 0 Å². The minimum absolute atomic E-state index is 0. The van der Waals surface area contributed by atoms with Gasteiger partial charge >= 0.3 is 0 Å². The first-order chi connectivity index (χ1) is 12.2. The third-order valence-electron chi connectivity index (χ3n) is 6.10. The van der Waals surface area contributed by atoms with Crippen molar-refractivity contribution in [3.63, 3.8) is 0 Å². The van der Waals surface area contributed by atoms with Gasteiger partial charge in [-0.05, 0) is 49.3 Å². The van der Waals surface area contributed by atoms with E-state index in [9.17, 15) is 4.79 Å². The Morgan fingerprint density at radius 3 is 2.54 bits per heavy atom. The highest BCUT2D eigenvalue weighted by atomic mass is 35.5. The number of halogens is 1. The standard InChI is InChI=1S/C20H28N2O3.ClH/c21-16-5-3-4-14(16)12-19(23)22-20(8-1-2-9-20)15-6-7-17-18(13-15)25-11-10-24-17;/h6-7,13-14,16H,1-5,8-12,21H2,(H,22,23);1H/t14-,16+;/m0./s1. The zero-order chi connectivity index (χ0) is 17.3. The Kier molecular flexibility index (Phi) is 5.98. The molecule has 1 aliphatic heterocycles. The lowest BCUT2D eigenvalue weighted by Gasteiger charge is -2.33. The molecule has 1 heterocycles. The Labute approximate surface area is 161 Å². The second-order valence-corrected chi connectivity index (χ2v) is 7.75. The number of nitrogens with one attached hydrogen (secondary N) is 1. The normalized spacial score (nSPS) is 26.2. The Bertz CT molecular complexity index is 646. The fraction of sp³-hybridized carbons (Fsp3) is 0.650. The molecule has 0 unspecified atom stereocenters. The van der Waals surface area contributed by atoms with Crippen LogP contribution < -0.4 is 20.5 Å². The van der Waals surface area contributed by atoms with Gasteiger partial charge in [-0.2, -0.15) is 0 Å². The van der Waals surface area contributed by atoms with Gasteiger partial charge in [0.2, 0.25) is 5.91 Å². The summed E-state index contributed by atoms with van der Waals surface area (Å²) >= 11 is 0. The molecule has 1 aromatic carbocycles. The molecule has 0 aromatic heterocycles. The van der Waals surface area contributed by atoms with E-state index in [4.69, 9.17) is 15.2 Å². The number of hydrogen-bond donors (Lipinski definition) is 2. The Morgan fingerprint density at radius 1 is 1.12 bits per heavy atom. The van der Waals surface area contributed by atoms with Crippen LogP contribution in [0.1, 0.15) is 56.9 Å². The van der Waals surface area contributed by atoms with Crippen LogP contribution in [-0.4, -0.2) is 25.2 Å². The van der Waals surface area contributed by atoms with Crippen molar-refractivity contribution in [2.75, 3.05) is 13.2 Å². The molecule has 4 rings (SSSR count).